The Balaban J connectivity index is 2.18. The molecule has 3 nitrogen and oxygen atoms in total. The van der Waals surface area contributed by atoms with Gasteiger partial charge in [0.1, 0.15) is 0 Å². The lowest BCUT2D eigenvalue weighted by Crippen LogP contribution is -2.14. The van der Waals surface area contributed by atoms with Crippen molar-refractivity contribution in [3.05, 3.63) is 12.3 Å². The Kier molecular flexibility index (Phi) is 3.19. The molecule has 0 radical (unpaired) electrons. The molecular formula is C11H19NO2. The Morgan fingerprint density at radius 3 is 2.86 bits per heavy atom. The van der Waals surface area contributed by atoms with Crippen LogP contribution in [-0.4, -0.2) is 17.6 Å². The molecule has 0 bridgehead atoms. The lowest BCUT2D eigenvalue weighted by atomic mass is 10.0. The fourth-order valence-corrected chi connectivity index (χ4v) is 1.98. The minimum absolute atomic E-state index is 0.0581. The van der Waals surface area contributed by atoms with Crippen LogP contribution in [0.3, 0.4) is 0 Å². The molecule has 14 heavy (non-hydrogen) atoms. The molecule has 0 aromatic carbocycles. The van der Waals surface area contributed by atoms with E-state index >= 15 is 0 Å². The minimum atomic E-state index is -0.678. The zero-order chi connectivity index (χ0) is 10.8. The molecule has 1 saturated carbocycles. The van der Waals surface area contributed by atoms with Gasteiger partial charge in [0.15, 0.2) is 0 Å². The van der Waals surface area contributed by atoms with Crippen LogP contribution in [0.25, 0.3) is 0 Å². The van der Waals surface area contributed by atoms with Gasteiger partial charge in [0.2, 0.25) is 0 Å². The van der Waals surface area contributed by atoms with Crippen molar-refractivity contribution >= 4 is 5.97 Å². The minimum Gasteiger partial charge on any atom is -0.481 e. The Morgan fingerprint density at radius 2 is 2.36 bits per heavy atom. The smallest absolute Gasteiger partial charge is 0.303 e. The van der Waals surface area contributed by atoms with Crippen molar-refractivity contribution in [2.75, 3.05) is 6.54 Å². The van der Waals surface area contributed by atoms with Gasteiger partial charge in [-0.1, -0.05) is 13.5 Å². The molecule has 0 aromatic heterocycles. The van der Waals surface area contributed by atoms with E-state index in [9.17, 15) is 4.79 Å². The number of hydrogen-bond donors (Lipinski definition) is 2. The lowest BCUT2D eigenvalue weighted by molar-refractivity contribution is -0.138. The lowest BCUT2D eigenvalue weighted by Gasteiger charge is -2.08. The maximum atomic E-state index is 10.6. The van der Waals surface area contributed by atoms with Crippen LogP contribution in [0.2, 0.25) is 0 Å². The van der Waals surface area contributed by atoms with Crippen LogP contribution in [0.1, 0.15) is 33.1 Å². The van der Waals surface area contributed by atoms with E-state index in [-0.39, 0.29) is 5.41 Å². The summed E-state index contributed by atoms with van der Waals surface area (Å²) >= 11 is 0. The molecule has 3 heteroatoms. The second kappa shape index (κ2) is 4.03. The summed E-state index contributed by atoms with van der Waals surface area (Å²) in [7, 11) is 0. The Labute approximate surface area is 85.2 Å². The maximum Gasteiger partial charge on any atom is 0.303 e. The SMILES string of the molecule is C=C(C)NCC[C@@H]1C[C@]1(C)CC(=O)O. The van der Waals surface area contributed by atoms with Crippen LogP contribution >= 0.6 is 0 Å². The number of rotatable bonds is 6. The molecule has 1 rings (SSSR count). The predicted molar refractivity (Wildman–Crippen MR) is 55.9 cm³/mol. The topological polar surface area (TPSA) is 49.3 Å². The molecule has 0 spiro atoms. The number of aliphatic carboxylic acids is 1. The van der Waals surface area contributed by atoms with Crippen molar-refractivity contribution in [2.24, 2.45) is 11.3 Å². The van der Waals surface area contributed by atoms with Crippen LogP contribution in [0, 0.1) is 11.3 Å². The molecule has 1 fully saturated rings. The number of carbonyl (C=O) groups is 1. The van der Waals surface area contributed by atoms with Crippen molar-refractivity contribution in [3.8, 4) is 0 Å². The Bertz CT molecular complexity index is 250. The molecule has 0 aliphatic heterocycles. The van der Waals surface area contributed by atoms with E-state index in [0.29, 0.717) is 12.3 Å². The zero-order valence-electron chi connectivity index (χ0n) is 8.97. The summed E-state index contributed by atoms with van der Waals surface area (Å²) in [6.07, 6.45) is 2.42. The molecule has 0 heterocycles. The summed E-state index contributed by atoms with van der Waals surface area (Å²) in [5.41, 5.74) is 1.04. The second-order valence-electron chi connectivity index (χ2n) is 4.62. The van der Waals surface area contributed by atoms with Crippen molar-refractivity contribution in [3.63, 3.8) is 0 Å². The molecule has 0 unspecified atom stereocenters. The van der Waals surface area contributed by atoms with Gasteiger partial charge in [-0.2, -0.15) is 0 Å². The van der Waals surface area contributed by atoms with Crippen molar-refractivity contribution in [1.29, 1.82) is 0 Å². The quantitative estimate of drug-likeness (QED) is 0.684. The Hall–Kier alpha value is -0.990. The van der Waals surface area contributed by atoms with Crippen LogP contribution in [0.15, 0.2) is 12.3 Å². The van der Waals surface area contributed by atoms with E-state index < -0.39 is 5.97 Å². The summed E-state index contributed by atoms with van der Waals surface area (Å²) < 4.78 is 0. The van der Waals surface area contributed by atoms with E-state index in [1.54, 1.807) is 0 Å². The number of allylic oxidation sites excluding steroid dienone is 1. The number of carboxylic acids is 1. The fourth-order valence-electron chi connectivity index (χ4n) is 1.98. The van der Waals surface area contributed by atoms with Gasteiger partial charge in [0.25, 0.3) is 0 Å². The summed E-state index contributed by atoms with van der Waals surface area (Å²) in [4.78, 5) is 10.6. The van der Waals surface area contributed by atoms with Gasteiger partial charge in [-0.15, -0.1) is 0 Å². The molecule has 0 aromatic rings. The van der Waals surface area contributed by atoms with Gasteiger partial charge in [-0.25, -0.2) is 0 Å². The highest BCUT2D eigenvalue weighted by Gasteiger charge is 2.50. The first-order chi connectivity index (χ1) is 6.44. The van der Waals surface area contributed by atoms with E-state index in [4.69, 9.17) is 5.11 Å². The third kappa shape index (κ3) is 3.05. The summed E-state index contributed by atoms with van der Waals surface area (Å²) in [6, 6.07) is 0. The Morgan fingerprint density at radius 1 is 1.71 bits per heavy atom. The summed E-state index contributed by atoms with van der Waals surface area (Å²) in [5.74, 6) is -0.103. The highest BCUT2D eigenvalue weighted by atomic mass is 16.4. The standard InChI is InChI=1S/C11H19NO2/c1-8(2)12-5-4-9-6-11(9,3)7-10(13)14/h9,12H,1,4-7H2,2-3H3,(H,13,14)/t9-,11-/m1/s1. The van der Waals surface area contributed by atoms with Gasteiger partial charge < -0.3 is 10.4 Å². The average Bonchev–Trinajstić information content (AvgIpc) is 2.58. The molecule has 80 valence electrons. The number of hydrogen-bond acceptors (Lipinski definition) is 2. The second-order valence-corrected chi connectivity index (χ2v) is 4.62. The first-order valence-corrected chi connectivity index (χ1v) is 5.05. The van der Waals surface area contributed by atoms with Gasteiger partial charge in [-0.05, 0) is 31.1 Å². The zero-order valence-corrected chi connectivity index (χ0v) is 8.97. The normalized spacial score (nSPS) is 29.7. The molecule has 2 atom stereocenters. The van der Waals surface area contributed by atoms with Gasteiger partial charge in [0.05, 0.1) is 6.42 Å². The average molecular weight is 197 g/mol. The monoisotopic (exact) mass is 197 g/mol. The first-order valence-electron chi connectivity index (χ1n) is 5.05. The van der Waals surface area contributed by atoms with Crippen LogP contribution in [0.5, 0.6) is 0 Å². The first kappa shape index (κ1) is 11.1. The highest BCUT2D eigenvalue weighted by molar-refractivity contribution is 5.68. The molecule has 1 aliphatic rings. The fraction of sp³-hybridized carbons (Fsp3) is 0.727. The van der Waals surface area contributed by atoms with Crippen molar-refractivity contribution in [2.45, 2.75) is 33.1 Å². The molecule has 0 saturated heterocycles. The molecule has 1 aliphatic carbocycles. The van der Waals surface area contributed by atoms with Gasteiger partial charge in [0, 0.05) is 12.2 Å². The van der Waals surface area contributed by atoms with E-state index in [1.165, 1.54) is 0 Å². The van der Waals surface area contributed by atoms with E-state index in [2.05, 4.69) is 18.8 Å². The number of nitrogens with one attached hydrogen (secondary N) is 1. The maximum absolute atomic E-state index is 10.6. The van der Waals surface area contributed by atoms with Crippen LogP contribution in [0.4, 0.5) is 0 Å². The largest absolute Gasteiger partial charge is 0.481 e. The molecule has 2 N–H and O–H groups in total. The van der Waals surface area contributed by atoms with Crippen LogP contribution in [-0.2, 0) is 4.79 Å². The third-order valence-corrected chi connectivity index (χ3v) is 3.01. The van der Waals surface area contributed by atoms with Crippen molar-refractivity contribution < 1.29 is 9.90 Å². The summed E-state index contributed by atoms with van der Waals surface area (Å²) in [5, 5.41) is 11.9. The molecule has 0 amide bonds. The van der Waals surface area contributed by atoms with Crippen molar-refractivity contribution in [1.82, 2.24) is 5.32 Å². The predicted octanol–water partition coefficient (Wildman–Crippen LogP) is 2.00. The molecular weight excluding hydrogens is 178 g/mol. The van der Waals surface area contributed by atoms with Gasteiger partial charge in [-0.3, -0.25) is 4.79 Å². The van der Waals surface area contributed by atoms with Gasteiger partial charge >= 0.3 is 5.97 Å². The van der Waals surface area contributed by atoms with E-state index in [0.717, 1.165) is 25.1 Å². The summed E-state index contributed by atoms with van der Waals surface area (Å²) in [6.45, 7) is 8.66. The van der Waals surface area contributed by atoms with Crippen LogP contribution < -0.4 is 5.32 Å². The highest BCUT2D eigenvalue weighted by Crippen LogP contribution is 2.56. The van der Waals surface area contributed by atoms with E-state index in [1.807, 2.05) is 6.92 Å². The third-order valence-electron chi connectivity index (χ3n) is 3.01. The number of carboxylic acid groups (broad SMARTS) is 1.